The Bertz CT molecular complexity index is 364. The summed E-state index contributed by atoms with van der Waals surface area (Å²) in [5, 5.41) is 18.1. The highest BCUT2D eigenvalue weighted by Crippen LogP contribution is 2.28. The molecule has 15 heavy (non-hydrogen) atoms. The number of aliphatic hydroxyl groups excluding tert-OH is 1. The number of hydrogen-bond donors (Lipinski definition) is 2. The summed E-state index contributed by atoms with van der Waals surface area (Å²) in [6, 6.07) is 4.62. The van der Waals surface area contributed by atoms with Crippen LogP contribution in [0.1, 0.15) is 11.5 Å². The molecular weight excluding hydrogens is 220 g/mol. The number of carboxylic acids is 1. The highest BCUT2D eigenvalue weighted by Gasteiger charge is 2.19. The molecule has 1 aromatic carbocycles. The molecule has 1 unspecified atom stereocenters. The largest absolute Gasteiger partial charge is 0.495 e. The third kappa shape index (κ3) is 2.61. The monoisotopic (exact) mass is 230 g/mol. The van der Waals surface area contributed by atoms with Gasteiger partial charge in [0.1, 0.15) is 11.7 Å². The van der Waals surface area contributed by atoms with Crippen LogP contribution < -0.4 is 4.74 Å². The highest BCUT2D eigenvalue weighted by atomic mass is 35.5. The van der Waals surface area contributed by atoms with E-state index in [1.807, 2.05) is 0 Å². The third-order valence-electron chi connectivity index (χ3n) is 2.06. The Morgan fingerprint density at radius 1 is 1.60 bits per heavy atom. The van der Waals surface area contributed by atoms with Gasteiger partial charge in [0.25, 0.3) is 0 Å². The van der Waals surface area contributed by atoms with Crippen molar-refractivity contribution in [2.45, 2.75) is 5.92 Å². The molecule has 4 nitrogen and oxygen atoms in total. The molecule has 0 radical (unpaired) electrons. The van der Waals surface area contributed by atoms with Crippen LogP contribution in [0.15, 0.2) is 18.2 Å². The molecule has 0 bridgehead atoms. The summed E-state index contributed by atoms with van der Waals surface area (Å²) >= 11 is 5.84. The van der Waals surface area contributed by atoms with Gasteiger partial charge < -0.3 is 14.9 Å². The number of ether oxygens (including phenoxy) is 1. The first kappa shape index (κ1) is 11.8. The van der Waals surface area contributed by atoms with Crippen LogP contribution in [0, 0.1) is 0 Å². The minimum Gasteiger partial charge on any atom is -0.495 e. The maximum Gasteiger partial charge on any atom is 0.313 e. The topological polar surface area (TPSA) is 66.8 Å². The summed E-state index contributed by atoms with van der Waals surface area (Å²) in [6.07, 6.45) is 0. The molecule has 1 atom stereocenters. The van der Waals surface area contributed by atoms with Gasteiger partial charge in [-0.2, -0.15) is 0 Å². The van der Waals surface area contributed by atoms with Crippen molar-refractivity contribution in [2.75, 3.05) is 13.7 Å². The van der Waals surface area contributed by atoms with Gasteiger partial charge in [-0.15, -0.1) is 0 Å². The zero-order valence-corrected chi connectivity index (χ0v) is 8.86. The number of carbonyl (C=O) groups is 1. The molecule has 1 aromatic rings. The number of aliphatic hydroxyl groups is 1. The second-order valence-electron chi connectivity index (χ2n) is 2.97. The third-order valence-corrected chi connectivity index (χ3v) is 2.35. The zero-order valence-electron chi connectivity index (χ0n) is 8.11. The summed E-state index contributed by atoms with van der Waals surface area (Å²) < 4.78 is 4.93. The summed E-state index contributed by atoms with van der Waals surface area (Å²) in [5.74, 6) is -1.56. The molecule has 1 rings (SSSR count). The predicted octanol–water partition coefficient (Wildman–Crippen LogP) is 1.51. The lowest BCUT2D eigenvalue weighted by Gasteiger charge is -2.11. The van der Waals surface area contributed by atoms with Gasteiger partial charge in [-0.05, 0) is 17.7 Å². The van der Waals surface area contributed by atoms with Crippen molar-refractivity contribution >= 4 is 17.6 Å². The highest BCUT2D eigenvalue weighted by molar-refractivity contribution is 6.32. The first-order valence-corrected chi connectivity index (χ1v) is 4.65. The molecule has 0 aliphatic rings. The molecule has 0 heterocycles. The second-order valence-corrected chi connectivity index (χ2v) is 3.37. The standard InChI is InChI=1S/C10H11ClO4/c1-15-9-3-2-6(4-8(9)11)7(5-12)10(13)14/h2-4,7,12H,5H2,1H3,(H,13,14). The minimum atomic E-state index is -1.08. The molecule has 0 saturated carbocycles. The van der Waals surface area contributed by atoms with E-state index in [0.717, 1.165) is 0 Å². The maximum absolute atomic E-state index is 10.8. The Kier molecular flexibility index (Phi) is 3.94. The van der Waals surface area contributed by atoms with E-state index in [2.05, 4.69) is 0 Å². The molecule has 0 aromatic heterocycles. The number of aliphatic carboxylic acids is 1. The quantitative estimate of drug-likeness (QED) is 0.823. The molecule has 0 saturated heterocycles. The van der Waals surface area contributed by atoms with Crippen LogP contribution in [0.2, 0.25) is 5.02 Å². The number of halogens is 1. The fourth-order valence-electron chi connectivity index (χ4n) is 1.23. The SMILES string of the molecule is COc1ccc(C(CO)C(=O)O)cc1Cl. The lowest BCUT2D eigenvalue weighted by molar-refractivity contribution is -0.139. The van der Waals surface area contributed by atoms with Crippen molar-refractivity contribution in [1.82, 2.24) is 0 Å². The van der Waals surface area contributed by atoms with Crippen LogP contribution in [0.25, 0.3) is 0 Å². The van der Waals surface area contributed by atoms with Crippen molar-refractivity contribution in [3.8, 4) is 5.75 Å². The maximum atomic E-state index is 10.8. The van der Waals surface area contributed by atoms with Crippen molar-refractivity contribution in [3.05, 3.63) is 28.8 Å². The normalized spacial score (nSPS) is 12.2. The first-order chi connectivity index (χ1) is 7.10. The van der Waals surface area contributed by atoms with E-state index in [1.54, 1.807) is 12.1 Å². The number of hydrogen-bond acceptors (Lipinski definition) is 3. The molecule has 2 N–H and O–H groups in total. The average molecular weight is 231 g/mol. The molecular formula is C10H11ClO4. The Morgan fingerprint density at radius 2 is 2.27 bits per heavy atom. The second kappa shape index (κ2) is 5.00. The lowest BCUT2D eigenvalue weighted by atomic mass is 10.0. The molecule has 82 valence electrons. The van der Waals surface area contributed by atoms with Gasteiger partial charge in [0, 0.05) is 0 Å². The molecule has 0 aliphatic carbocycles. The summed E-state index contributed by atoms with van der Waals surface area (Å²) in [6.45, 7) is -0.460. The van der Waals surface area contributed by atoms with Crippen LogP contribution in [0.3, 0.4) is 0 Å². The van der Waals surface area contributed by atoms with Gasteiger partial charge in [0.15, 0.2) is 0 Å². The van der Waals surface area contributed by atoms with Gasteiger partial charge in [-0.25, -0.2) is 0 Å². The minimum absolute atomic E-state index is 0.328. The van der Waals surface area contributed by atoms with Gasteiger partial charge in [0.2, 0.25) is 0 Å². The van der Waals surface area contributed by atoms with Gasteiger partial charge >= 0.3 is 5.97 Å². The molecule has 0 amide bonds. The molecule has 0 aliphatic heterocycles. The summed E-state index contributed by atoms with van der Waals surface area (Å²) in [4.78, 5) is 10.8. The van der Waals surface area contributed by atoms with E-state index in [-0.39, 0.29) is 0 Å². The number of carboxylic acid groups (broad SMARTS) is 1. The van der Waals surface area contributed by atoms with E-state index >= 15 is 0 Å². The Balaban J connectivity index is 3.05. The first-order valence-electron chi connectivity index (χ1n) is 4.27. The summed E-state index contributed by atoms with van der Waals surface area (Å²) in [7, 11) is 1.47. The van der Waals surface area contributed by atoms with Gasteiger partial charge in [-0.3, -0.25) is 4.79 Å². The van der Waals surface area contributed by atoms with Crippen LogP contribution in [0.4, 0.5) is 0 Å². The van der Waals surface area contributed by atoms with Crippen LogP contribution in [-0.4, -0.2) is 29.9 Å². The van der Waals surface area contributed by atoms with Crippen molar-refractivity contribution < 1.29 is 19.7 Å². The number of methoxy groups -OCH3 is 1. The van der Waals surface area contributed by atoms with E-state index in [9.17, 15) is 4.79 Å². The van der Waals surface area contributed by atoms with Crippen LogP contribution >= 0.6 is 11.6 Å². The van der Waals surface area contributed by atoms with Gasteiger partial charge in [-0.1, -0.05) is 17.7 Å². The van der Waals surface area contributed by atoms with Gasteiger partial charge in [0.05, 0.1) is 18.7 Å². The molecule has 0 spiro atoms. The van der Waals surface area contributed by atoms with Crippen LogP contribution in [-0.2, 0) is 4.79 Å². The Morgan fingerprint density at radius 3 is 2.67 bits per heavy atom. The van der Waals surface area contributed by atoms with Crippen molar-refractivity contribution in [3.63, 3.8) is 0 Å². The molecule has 5 heteroatoms. The van der Waals surface area contributed by atoms with Crippen molar-refractivity contribution in [1.29, 1.82) is 0 Å². The van der Waals surface area contributed by atoms with Crippen molar-refractivity contribution in [2.24, 2.45) is 0 Å². The number of benzene rings is 1. The fraction of sp³-hybridized carbons (Fsp3) is 0.300. The fourth-order valence-corrected chi connectivity index (χ4v) is 1.49. The summed E-state index contributed by atoms with van der Waals surface area (Å²) in [5.41, 5.74) is 0.454. The number of rotatable bonds is 4. The smallest absolute Gasteiger partial charge is 0.313 e. The Hall–Kier alpha value is -1.26. The van der Waals surface area contributed by atoms with E-state index in [1.165, 1.54) is 13.2 Å². The van der Waals surface area contributed by atoms with E-state index in [0.29, 0.717) is 16.3 Å². The van der Waals surface area contributed by atoms with Crippen LogP contribution in [0.5, 0.6) is 5.75 Å². The Labute approximate surface area is 92.1 Å². The van der Waals surface area contributed by atoms with E-state index < -0.39 is 18.5 Å². The molecule has 0 fully saturated rings. The predicted molar refractivity (Wildman–Crippen MR) is 55.5 cm³/mol. The lowest BCUT2D eigenvalue weighted by Crippen LogP contribution is -2.15. The van der Waals surface area contributed by atoms with E-state index in [4.69, 9.17) is 26.6 Å². The average Bonchev–Trinajstić information content (AvgIpc) is 2.18. The zero-order chi connectivity index (χ0) is 11.4.